The molecule has 0 bridgehead atoms. The average Bonchev–Trinajstić information content (AvgIpc) is 3.39. The van der Waals surface area contributed by atoms with Crippen LogP contribution in [0.2, 0.25) is 0 Å². The van der Waals surface area contributed by atoms with E-state index in [-0.39, 0.29) is 0 Å². The van der Waals surface area contributed by atoms with Gasteiger partial charge in [-0.05, 0) is 130 Å². The second-order valence-corrected chi connectivity index (χ2v) is 24.0. The zero-order valence-electron chi connectivity index (χ0n) is 51.1. The van der Waals surface area contributed by atoms with Crippen molar-refractivity contribution in [1.29, 1.82) is 0 Å². The highest BCUT2D eigenvalue weighted by atomic mass is 16.4. The third kappa shape index (κ3) is 39.7. The molecule has 0 radical (unpaired) electrons. The SMILES string of the molecule is CCCCCCCCC(CCCCCC)(CCCCCCN(CCCCCCC(CCCCCC)(CCCCCCCC)C(=O)O)CCCCN(C)CCCCC(=O)N(CCCCCC)CCCCCC)C(=O)O. The van der Waals surface area contributed by atoms with E-state index in [1.165, 1.54) is 141 Å². The monoisotopic (exact) mass is 1050 g/mol. The highest BCUT2D eigenvalue weighted by molar-refractivity contribution is 5.76. The first-order chi connectivity index (χ1) is 36.0. The van der Waals surface area contributed by atoms with Crippen LogP contribution in [0.5, 0.6) is 0 Å². The molecule has 0 aromatic rings. The summed E-state index contributed by atoms with van der Waals surface area (Å²) < 4.78 is 0. The molecule has 0 aliphatic carbocycles. The minimum atomic E-state index is -0.551. The Kier molecular flexibility index (Phi) is 50.9. The van der Waals surface area contributed by atoms with Gasteiger partial charge in [0.1, 0.15) is 0 Å². The predicted molar refractivity (Wildman–Crippen MR) is 322 cm³/mol. The van der Waals surface area contributed by atoms with Gasteiger partial charge < -0.3 is 24.9 Å². The molecule has 2 unspecified atom stereocenters. The molecule has 1 amide bonds. The van der Waals surface area contributed by atoms with Crippen LogP contribution >= 0.6 is 0 Å². The summed E-state index contributed by atoms with van der Waals surface area (Å²) in [6.45, 7) is 20.8. The van der Waals surface area contributed by atoms with Gasteiger partial charge in [0.15, 0.2) is 0 Å². The van der Waals surface area contributed by atoms with Crippen molar-refractivity contribution in [2.75, 3.05) is 52.9 Å². The van der Waals surface area contributed by atoms with Crippen LogP contribution in [0.15, 0.2) is 0 Å². The van der Waals surface area contributed by atoms with Crippen molar-refractivity contribution in [2.24, 2.45) is 10.8 Å². The fourth-order valence-corrected chi connectivity index (χ4v) is 11.8. The van der Waals surface area contributed by atoms with Gasteiger partial charge in [-0.2, -0.15) is 0 Å². The second-order valence-electron chi connectivity index (χ2n) is 24.0. The number of hydrogen-bond donors (Lipinski definition) is 2. The smallest absolute Gasteiger partial charge is 0.309 e. The number of rotatable bonds is 60. The van der Waals surface area contributed by atoms with Crippen molar-refractivity contribution < 1.29 is 24.6 Å². The van der Waals surface area contributed by atoms with Crippen LogP contribution in [0.1, 0.15) is 343 Å². The maximum atomic E-state index is 13.3. The maximum Gasteiger partial charge on any atom is 0.309 e. The number of unbranched alkanes of at least 4 members (excludes halogenated alkanes) is 30. The largest absolute Gasteiger partial charge is 0.481 e. The van der Waals surface area contributed by atoms with Crippen LogP contribution in [0.25, 0.3) is 0 Å². The van der Waals surface area contributed by atoms with Gasteiger partial charge in [0.25, 0.3) is 0 Å². The van der Waals surface area contributed by atoms with Crippen LogP contribution in [0.3, 0.4) is 0 Å². The van der Waals surface area contributed by atoms with E-state index in [1.807, 2.05) is 0 Å². The number of nitrogens with zero attached hydrogens (tertiary/aromatic N) is 3. The first-order valence-electron chi connectivity index (χ1n) is 33.2. The molecule has 0 aliphatic heterocycles. The van der Waals surface area contributed by atoms with Crippen LogP contribution < -0.4 is 0 Å². The van der Waals surface area contributed by atoms with E-state index >= 15 is 0 Å². The van der Waals surface area contributed by atoms with Gasteiger partial charge in [-0.25, -0.2) is 0 Å². The molecule has 0 spiro atoms. The molecule has 0 aliphatic rings. The molecule has 440 valence electrons. The fraction of sp³-hybridized carbons (Fsp3) is 0.955. The van der Waals surface area contributed by atoms with E-state index in [9.17, 15) is 24.6 Å². The summed E-state index contributed by atoms with van der Waals surface area (Å²) in [5.74, 6) is -0.724. The van der Waals surface area contributed by atoms with E-state index in [2.05, 4.69) is 63.3 Å². The number of carbonyl (C=O) groups excluding carboxylic acids is 1. The molecule has 0 saturated carbocycles. The van der Waals surface area contributed by atoms with E-state index in [0.717, 1.165) is 200 Å². The lowest BCUT2D eigenvalue weighted by Gasteiger charge is -2.30. The number of aliphatic carboxylic acids is 2. The number of carbonyl (C=O) groups is 3. The quantitative estimate of drug-likeness (QED) is 0.0585. The molecule has 74 heavy (non-hydrogen) atoms. The predicted octanol–water partition coefficient (Wildman–Crippen LogP) is 19.6. The standard InChI is InChI=1S/C66H131N3O5/c1-8-14-20-26-28-37-51-65(63(71)72,49-35-22-16-10-3)53-39-30-32-41-57-68(58-42-33-31-40-54-66(64(73)74,50-36-23-17-11-4)52-38-29-27-21-15-9-2)59-47-46-56-67(7)55-45-34-48-62(70)69(60-43-24-18-12-5)61-44-25-19-13-6/h8-61H2,1-7H3,(H,71,72)(H,73,74). The third-order valence-electron chi connectivity index (χ3n) is 17.1. The van der Waals surface area contributed by atoms with Gasteiger partial charge in [0.2, 0.25) is 5.91 Å². The molecular formula is C66H131N3O5. The summed E-state index contributed by atoms with van der Waals surface area (Å²) in [6, 6.07) is 0. The maximum absolute atomic E-state index is 13.3. The summed E-state index contributed by atoms with van der Waals surface area (Å²) >= 11 is 0. The highest BCUT2D eigenvalue weighted by Gasteiger charge is 2.37. The zero-order valence-corrected chi connectivity index (χ0v) is 51.1. The number of carboxylic acids is 2. The molecule has 0 aromatic heterocycles. The van der Waals surface area contributed by atoms with E-state index in [0.29, 0.717) is 12.3 Å². The first-order valence-corrected chi connectivity index (χ1v) is 33.2. The van der Waals surface area contributed by atoms with E-state index < -0.39 is 22.8 Å². The number of carboxylic acid groups (broad SMARTS) is 2. The lowest BCUT2D eigenvalue weighted by atomic mass is 9.74. The van der Waals surface area contributed by atoms with Gasteiger partial charge in [0.05, 0.1) is 10.8 Å². The Morgan fingerprint density at radius 1 is 0.297 bits per heavy atom. The first kappa shape index (κ1) is 72.3. The van der Waals surface area contributed by atoms with Gasteiger partial charge >= 0.3 is 11.9 Å². The van der Waals surface area contributed by atoms with Crippen molar-refractivity contribution in [3.63, 3.8) is 0 Å². The molecule has 2 atom stereocenters. The van der Waals surface area contributed by atoms with Gasteiger partial charge in [-0.15, -0.1) is 0 Å². The minimum Gasteiger partial charge on any atom is -0.481 e. The summed E-state index contributed by atoms with van der Waals surface area (Å²) in [6.07, 6.45) is 52.3. The van der Waals surface area contributed by atoms with Crippen molar-refractivity contribution in [2.45, 2.75) is 343 Å². The van der Waals surface area contributed by atoms with Crippen molar-refractivity contribution in [3.8, 4) is 0 Å². The minimum absolute atomic E-state index is 0.366. The van der Waals surface area contributed by atoms with E-state index in [1.54, 1.807) is 0 Å². The van der Waals surface area contributed by atoms with Crippen molar-refractivity contribution in [3.05, 3.63) is 0 Å². The van der Waals surface area contributed by atoms with Crippen molar-refractivity contribution >= 4 is 17.8 Å². The molecule has 0 aromatic carbocycles. The molecule has 8 heteroatoms. The Balaban J connectivity index is 5.45. The summed E-state index contributed by atoms with van der Waals surface area (Å²) in [5, 5.41) is 21.3. The fourth-order valence-electron chi connectivity index (χ4n) is 11.8. The normalized spacial score (nSPS) is 13.5. The zero-order chi connectivity index (χ0) is 54.6. The van der Waals surface area contributed by atoms with Crippen LogP contribution in [-0.2, 0) is 14.4 Å². The summed E-state index contributed by atoms with van der Waals surface area (Å²) in [4.78, 5) is 46.6. The summed E-state index contributed by atoms with van der Waals surface area (Å²) in [5.41, 5.74) is -1.10. The molecule has 2 N–H and O–H groups in total. The molecular weight excluding hydrogens is 915 g/mol. The Bertz CT molecular complexity index is 1170. The van der Waals surface area contributed by atoms with Crippen LogP contribution in [0, 0.1) is 10.8 Å². The van der Waals surface area contributed by atoms with Crippen LogP contribution in [-0.4, -0.2) is 95.6 Å². The average molecular weight is 1050 g/mol. The summed E-state index contributed by atoms with van der Waals surface area (Å²) in [7, 11) is 2.25. The third-order valence-corrected chi connectivity index (χ3v) is 17.1. The lowest BCUT2D eigenvalue weighted by Crippen LogP contribution is -2.33. The highest BCUT2D eigenvalue weighted by Crippen LogP contribution is 2.39. The number of amides is 1. The molecule has 0 rings (SSSR count). The van der Waals surface area contributed by atoms with Crippen molar-refractivity contribution in [1.82, 2.24) is 14.7 Å². The molecule has 0 heterocycles. The van der Waals surface area contributed by atoms with Gasteiger partial charge in [-0.3, -0.25) is 14.4 Å². The Morgan fingerprint density at radius 2 is 0.527 bits per heavy atom. The Hall–Kier alpha value is -1.67. The lowest BCUT2D eigenvalue weighted by molar-refractivity contribution is -0.151. The van der Waals surface area contributed by atoms with E-state index in [4.69, 9.17) is 0 Å². The van der Waals surface area contributed by atoms with Gasteiger partial charge in [-0.1, -0.05) is 247 Å². The molecule has 8 nitrogen and oxygen atoms in total. The molecule has 0 fully saturated rings. The second kappa shape index (κ2) is 52.1. The Labute approximate surface area is 462 Å². The van der Waals surface area contributed by atoms with Gasteiger partial charge in [0, 0.05) is 19.5 Å². The molecule has 0 saturated heterocycles. The number of hydrogen-bond acceptors (Lipinski definition) is 5. The van der Waals surface area contributed by atoms with Crippen LogP contribution in [0.4, 0.5) is 0 Å². The topological polar surface area (TPSA) is 101 Å². The Morgan fingerprint density at radius 3 is 0.851 bits per heavy atom.